The molecule has 0 aromatic rings. The number of nitrogens with one attached hydrogen (secondary N) is 1. The van der Waals surface area contributed by atoms with Gasteiger partial charge in [0.2, 0.25) is 5.91 Å². The first kappa shape index (κ1) is 79.6. The number of esters is 1. The number of aliphatic hydroxyl groups is 2. The molecule has 0 aliphatic carbocycles. The Morgan fingerprint density at radius 2 is 0.580 bits per heavy atom. The van der Waals surface area contributed by atoms with Crippen LogP contribution in [0, 0.1) is 0 Å². The lowest BCUT2D eigenvalue weighted by molar-refractivity contribution is -0.143. The molecule has 2 unspecified atom stereocenters. The SMILES string of the molecule is CCCCCCCCCCCCCCCCCCCCCCCCCC(O)C(CO)NC(=O)CCCCCCCCCCCCCCCC/C=C\CCCCCCCCCCCCCCOC(=O)CCCCCCCCCCCCC. The van der Waals surface area contributed by atoms with Gasteiger partial charge in [-0.2, -0.15) is 0 Å². The van der Waals surface area contributed by atoms with Crippen molar-refractivity contribution in [2.75, 3.05) is 13.2 Å². The van der Waals surface area contributed by atoms with Crippen molar-refractivity contribution < 1.29 is 24.5 Å². The predicted molar refractivity (Wildman–Crippen MR) is 357 cm³/mol. The summed E-state index contributed by atoms with van der Waals surface area (Å²) in [5, 5.41) is 23.5. The second-order valence-electron chi connectivity index (χ2n) is 26.0. The molecule has 81 heavy (non-hydrogen) atoms. The van der Waals surface area contributed by atoms with Gasteiger partial charge in [0.05, 0.1) is 25.4 Å². The Balaban J connectivity index is 3.37. The Hall–Kier alpha value is -1.40. The van der Waals surface area contributed by atoms with Gasteiger partial charge in [-0.15, -0.1) is 0 Å². The fraction of sp³-hybridized carbons (Fsp3) is 0.947. The molecular weight excluding hydrogens is 995 g/mol. The highest BCUT2D eigenvalue weighted by atomic mass is 16.5. The summed E-state index contributed by atoms with van der Waals surface area (Å²) in [7, 11) is 0. The van der Waals surface area contributed by atoms with E-state index < -0.39 is 12.1 Å². The van der Waals surface area contributed by atoms with E-state index in [0.717, 1.165) is 38.5 Å². The Labute approximate surface area is 508 Å². The fourth-order valence-electron chi connectivity index (χ4n) is 12.1. The molecule has 1 amide bonds. The van der Waals surface area contributed by atoms with Gasteiger partial charge in [0, 0.05) is 12.8 Å². The zero-order valence-electron chi connectivity index (χ0n) is 55.3. The van der Waals surface area contributed by atoms with Crippen molar-refractivity contribution in [1.82, 2.24) is 5.32 Å². The molecule has 0 aliphatic rings. The maximum Gasteiger partial charge on any atom is 0.305 e. The van der Waals surface area contributed by atoms with Crippen LogP contribution in [0.5, 0.6) is 0 Å². The number of hydrogen-bond acceptors (Lipinski definition) is 5. The summed E-state index contributed by atoms with van der Waals surface area (Å²) in [4.78, 5) is 24.6. The van der Waals surface area contributed by atoms with E-state index in [1.165, 1.54) is 360 Å². The van der Waals surface area contributed by atoms with Crippen LogP contribution in [-0.2, 0) is 14.3 Å². The number of allylic oxidation sites excluding steroid dienone is 2. The molecule has 3 N–H and O–H groups in total. The lowest BCUT2D eigenvalue weighted by atomic mass is 10.0. The third kappa shape index (κ3) is 67.6. The number of hydrogen-bond donors (Lipinski definition) is 3. The third-order valence-electron chi connectivity index (χ3n) is 17.8. The standard InChI is InChI=1S/C75H147NO5/c1-3-5-7-9-11-13-15-16-17-18-19-20-29-32-35-38-41-44-48-51-55-59-63-67-73(78)72(71-77)76-74(79)68-64-60-56-52-49-45-42-39-36-33-30-27-25-23-21-22-24-26-28-31-34-37-40-43-46-50-54-58-62-66-70-81-75(80)69-65-61-57-53-47-14-12-10-8-6-4-2/h22,24,72-73,77-78H,3-21,23,25-71H2,1-2H3,(H,76,79)/b24-22-. The van der Waals surface area contributed by atoms with Crippen LogP contribution in [-0.4, -0.2) is 47.4 Å². The second kappa shape index (κ2) is 71.1. The molecule has 0 rings (SSSR count). The third-order valence-corrected chi connectivity index (χ3v) is 17.8. The molecule has 0 saturated heterocycles. The number of carbonyl (C=O) groups excluding carboxylic acids is 2. The molecule has 0 aromatic carbocycles. The Bertz CT molecular complexity index is 1220. The van der Waals surface area contributed by atoms with Crippen LogP contribution in [0.2, 0.25) is 0 Å². The highest BCUT2D eigenvalue weighted by Gasteiger charge is 2.20. The molecule has 0 spiro atoms. The molecule has 6 heteroatoms. The molecule has 2 atom stereocenters. The van der Waals surface area contributed by atoms with Crippen molar-refractivity contribution in [2.24, 2.45) is 0 Å². The molecule has 0 heterocycles. The minimum Gasteiger partial charge on any atom is -0.466 e. The van der Waals surface area contributed by atoms with E-state index >= 15 is 0 Å². The van der Waals surface area contributed by atoms with Gasteiger partial charge in [0.1, 0.15) is 0 Å². The Morgan fingerprint density at radius 1 is 0.333 bits per heavy atom. The van der Waals surface area contributed by atoms with E-state index in [0.29, 0.717) is 25.9 Å². The molecule has 0 fully saturated rings. The van der Waals surface area contributed by atoms with E-state index in [1.54, 1.807) is 0 Å². The van der Waals surface area contributed by atoms with Crippen molar-refractivity contribution in [1.29, 1.82) is 0 Å². The van der Waals surface area contributed by atoms with Crippen LogP contribution in [0.4, 0.5) is 0 Å². The van der Waals surface area contributed by atoms with Crippen molar-refractivity contribution in [3.8, 4) is 0 Å². The summed E-state index contributed by atoms with van der Waals surface area (Å²) >= 11 is 0. The molecule has 0 aromatic heterocycles. The summed E-state index contributed by atoms with van der Waals surface area (Å²) in [5.41, 5.74) is 0. The lowest BCUT2D eigenvalue weighted by Crippen LogP contribution is -2.45. The highest BCUT2D eigenvalue weighted by Crippen LogP contribution is 2.20. The van der Waals surface area contributed by atoms with Gasteiger partial charge in [-0.3, -0.25) is 9.59 Å². The molecular formula is C75H147NO5. The van der Waals surface area contributed by atoms with Crippen LogP contribution in [0.15, 0.2) is 12.2 Å². The number of amides is 1. The van der Waals surface area contributed by atoms with E-state index in [2.05, 4.69) is 31.3 Å². The number of rotatable bonds is 71. The normalized spacial score (nSPS) is 12.5. The largest absolute Gasteiger partial charge is 0.466 e. The Morgan fingerprint density at radius 3 is 0.877 bits per heavy atom. The molecule has 0 bridgehead atoms. The Kier molecular flexibility index (Phi) is 69.9. The van der Waals surface area contributed by atoms with Crippen molar-refractivity contribution in [3.63, 3.8) is 0 Å². The lowest BCUT2D eigenvalue weighted by Gasteiger charge is -2.22. The van der Waals surface area contributed by atoms with Crippen LogP contribution in [0.25, 0.3) is 0 Å². The number of ether oxygens (including phenoxy) is 1. The van der Waals surface area contributed by atoms with Gasteiger partial charge in [-0.05, 0) is 51.4 Å². The minimum atomic E-state index is -0.664. The smallest absolute Gasteiger partial charge is 0.305 e. The van der Waals surface area contributed by atoms with Crippen LogP contribution >= 0.6 is 0 Å². The molecule has 0 saturated carbocycles. The fourth-order valence-corrected chi connectivity index (χ4v) is 12.1. The summed E-state index contributed by atoms with van der Waals surface area (Å²) in [6.07, 6.45) is 88.5. The summed E-state index contributed by atoms with van der Waals surface area (Å²) in [6.45, 7) is 5.00. The quantitative estimate of drug-likeness (QED) is 0.0320. The molecule has 6 nitrogen and oxygen atoms in total. The summed E-state index contributed by atoms with van der Waals surface area (Å²) in [6, 6.07) is -0.541. The van der Waals surface area contributed by atoms with Gasteiger partial charge in [-0.1, -0.05) is 379 Å². The maximum absolute atomic E-state index is 12.6. The number of aliphatic hydroxyl groups excluding tert-OH is 2. The van der Waals surface area contributed by atoms with Crippen molar-refractivity contribution >= 4 is 11.9 Å². The highest BCUT2D eigenvalue weighted by molar-refractivity contribution is 5.76. The van der Waals surface area contributed by atoms with Crippen LogP contribution in [0.3, 0.4) is 0 Å². The minimum absolute atomic E-state index is 0.0179. The maximum atomic E-state index is 12.6. The van der Waals surface area contributed by atoms with Gasteiger partial charge >= 0.3 is 5.97 Å². The van der Waals surface area contributed by atoms with Crippen molar-refractivity contribution in [2.45, 2.75) is 443 Å². The number of carbonyl (C=O) groups is 2. The van der Waals surface area contributed by atoms with Crippen LogP contribution in [0.1, 0.15) is 431 Å². The first-order valence-corrected chi connectivity index (χ1v) is 37.4. The first-order valence-electron chi connectivity index (χ1n) is 37.4. The molecule has 0 radical (unpaired) electrons. The van der Waals surface area contributed by atoms with Gasteiger partial charge in [0.25, 0.3) is 0 Å². The summed E-state index contributed by atoms with van der Waals surface area (Å²) in [5.74, 6) is -0.00993. The second-order valence-corrected chi connectivity index (χ2v) is 26.0. The molecule has 482 valence electrons. The summed E-state index contributed by atoms with van der Waals surface area (Å²) < 4.78 is 5.48. The van der Waals surface area contributed by atoms with Gasteiger partial charge < -0.3 is 20.3 Å². The first-order chi connectivity index (χ1) is 40.0. The zero-order valence-corrected chi connectivity index (χ0v) is 55.3. The van der Waals surface area contributed by atoms with E-state index in [1.807, 2.05) is 0 Å². The average Bonchev–Trinajstić information content (AvgIpc) is 3.47. The van der Waals surface area contributed by atoms with E-state index in [9.17, 15) is 19.8 Å². The van der Waals surface area contributed by atoms with E-state index in [-0.39, 0.29) is 18.5 Å². The zero-order chi connectivity index (χ0) is 58.5. The predicted octanol–water partition coefficient (Wildman–Crippen LogP) is 24.3. The van der Waals surface area contributed by atoms with Gasteiger partial charge in [-0.25, -0.2) is 0 Å². The van der Waals surface area contributed by atoms with Crippen molar-refractivity contribution in [3.05, 3.63) is 12.2 Å². The topological polar surface area (TPSA) is 95.9 Å². The van der Waals surface area contributed by atoms with E-state index in [4.69, 9.17) is 4.74 Å². The number of unbranched alkanes of at least 4 members (excludes halogenated alkanes) is 58. The van der Waals surface area contributed by atoms with Crippen LogP contribution < -0.4 is 5.32 Å². The monoisotopic (exact) mass is 1140 g/mol. The average molecular weight is 1140 g/mol. The molecule has 0 aliphatic heterocycles. The van der Waals surface area contributed by atoms with Gasteiger partial charge in [0.15, 0.2) is 0 Å².